The van der Waals surface area contributed by atoms with Crippen molar-refractivity contribution in [1.29, 1.82) is 0 Å². The molecule has 1 fully saturated rings. The van der Waals surface area contributed by atoms with Gasteiger partial charge in [0.15, 0.2) is 0 Å². The normalized spacial score (nSPS) is 23.2. The van der Waals surface area contributed by atoms with Crippen LogP contribution in [0.4, 0.5) is 4.79 Å². The van der Waals surface area contributed by atoms with E-state index in [9.17, 15) is 4.79 Å². The number of hydrogen-bond donors (Lipinski definition) is 2. The van der Waals surface area contributed by atoms with Gasteiger partial charge in [-0.05, 0) is 40.1 Å². The molecule has 1 saturated heterocycles. The Morgan fingerprint density at radius 3 is 2.62 bits per heavy atom. The van der Waals surface area contributed by atoms with Crippen LogP contribution >= 0.6 is 0 Å². The Balaban J connectivity index is 1.67. The Hall–Kier alpha value is -1.57. The molecule has 2 amide bonds. The first kappa shape index (κ1) is 18.8. The number of likely N-dealkylation sites (N-methyl/N-ethyl adjacent to an activating group) is 1. The SMILES string of the molecule is CC1CN(CCNC(=O)NCC(c2ccco2)N(C)C)CC(C)O1. The van der Waals surface area contributed by atoms with Gasteiger partial charge in [0.2, 0.25) is 0 Å². The van der Waals surface area contributed by atoms with Crippen molar-refractivity contribution in [3.63, 3.8) is 0 Å². The molecule has 0 spiro atoms. The van der Waals surface area contributed by atoms with Crippen LogP contribution in [0.25, 0.3) is 0 Å². The summed E-state index contributed by atoms with van der Waals surface area (Å²) in [4.78, 5) is 16.3. The largest absolute Gasteiger partial charge is 0.468 e. The minimum Gasteiger partial charge on any atom is -0.468 e. The average Bonchev–Trinajstić information content (AvgIpc) is 3.00. The lowest BCUT2D eigenvalue weighted by atomic mass is 10.2. The van der Waals surface area contributed by atoms with E-state index in [1.54, 1.807) is 6.26 Å². The number of hydrogen-bond acceptors (Lipinski definition) is 5. The van der Waals surface area contributed by atoms with E-state index >= 15 is 0 Å². The molecule has 7 heteroatoms. The van der Waals surface area contributed by atoms with Crippen LogP contribution in [0.15, 0.2) is 22.8 Å². The fourth-order valence-corrected chi connectivity index (χ4v) is 3.06. The average molecular weight is 338 g/mol. The molecule has 3 unspecified atom stereocenters. The molecule has 0 bridgehead atoms. The molecule has 1 aromatic heterocycles. The molecule has 2 N–H and O–H groups in total. The molecule has 2 rings (SSSR count). The first-order chi connectivity index (χ1) is 11.5. The van der Waals surface area contributed by atoms with Gasteiger partial charge in [-0.15, -0.1) is 0 Å². The number of nitrogens with one attached hydrogen (secondary N) is 2. The highest BCUT2D eigenvalue weighted by Crippen LogP contribution is 2.17. The van der Waals surface area contributed by atoms with Crippen LogP contribution in [0.3, 0.4) is 0 Å². The van der Waals surface area contributed by atoms with Crippen molar-refractivity contribution in [2.24, 2.45) is 0 Å². The fourth-order valence-electron chi connectivity index (χ4n) is 3.06. The first-order valence-electron chi connectivity index (χ1n) is 8.55. The van der Waals surface area contributed by atoms with Crippen LogP contribution in [-0.2, 0) is 4.74 Å². The molecule has 0 saturated carbocycles. The predicted octanol–water partition coefficient (Wildman–Crippen LogP) is 1.29. The van der Waals surface area contributed by atoms with E-state index in [0.717, 1.165) is 25.4 Å². The monoisotopic (exact) mass is 338 g/mol. The number of amides is 2. The predicted molar refractivity (Wildman–Crippen MR) is 93.0 cm³/mol. The summed E-state index contributed by atoms with van der Waals surface area (Å²) < 4.78 is 11.1. The number of morpholine rings is 1. The summed E-state index contributed by atoms with van der Waals surface area (Å²) in [6, 6.07) is 3.65. The smallest absolute Gasteiger partial charge is 0.314 e. The Labute approximate surface area is 144 Å². The van der Waals surface area contributed by atoms with Crippen molar-refractivity contribution in [1.82, 2.24) is 20.4 Å². The molecule has 7 nitrogen and oxygen atoms in total. The third-order valence-electron chi connectivity index (χ3n) is 4.16. The highest BCUT2D eigenvalue weighted by Gasteiger charge is 2.22. The van der Waals surface area contributed by atoms with E-state index in [-0.39, 0.29) is 24.3 Å². The topological polar surface area (TPSA) is 70.0 Å². The van der Waals surface area contributed by atoms with Crippen LogP contribution in [-0.4, -0.2) is 74.9 Å². The summed E-state index contributed by atoms with van der Waals surface area (Å²) in [5.41, 5.74) is 0. The Kier molecular flexibility index (Phi) is 7.08. The molecule has 3 atom stereocenters. The molecule has 1 aromatic rings. The Morgan fingerprint density at radius 1 is 1.33 bits per heavy atom. The number of urea groups is 1. The number of carbonyl (C=O) groups excluding carboxylic acids is 1. The molecule has 0 radical (unpaired) electrons. The van der Waals surface area contributed by atoms with Gasteiger partial charge >= 0.3 is 6.03 Å². The highest BCUT2D eigenvalue weighted by atomic mass is 16.5. The fraction of sp³-hybridized carbons (Fsp3) is 0.706. The van der Waals surface area contributed by atoms with E-state index in [4.69, 9.17) is 9.15 Å². The zero-order valence-corrected chi connectivity index (χ0v) is 15.1. The van der Waals surface area contributed by atoms with Crippen LogP contribution in [0.5, 0.6) is 0 Å². The second-order valence-electron chi connectivity index (χ2n) is 6.65. The third kappa shape index (κ3) is 5.81. The minimum atomic E-state index is -0.150. The Morgan fingerprint density at radius 2 is 2.04 bits per heavy atom. The molecule has 1 aliphatic rings. The molecule has 2 heterocycles. The van der Waals surface area contributed by atoms with E-state index in [1.807, 2.05) is 31.1 Å². The van der Waals surface area contributed by atoms with Crippen molar-refractivity contribution in [2.75, 3.05) is 46.8 Å². The summed E-state index contributed by atoms with van der Waals surface area (Å²) in [5, 5.41) is 5.83. The van der Waals surface area contributed by atoms with E-state index in [1.165, 1.54) is 0 Å². The van der Waals surface area contributed by atoms with E-state index in [0.29, 0.717) is 13.1 Å². The lowest BCUT2D eigenvalue weighted by molar-refractivity contribution is -0.0672. The number of carbonyl (C=O) groups is 1. The molecule has 1 aliphatic heterocycles. The van der Waals surface area contributed by atoms with Crippen LogP contribution in [0.1, 0.15) is 25.6 Å². The molecular weight excluding hydrogens is 308 g/mol. The molecule has 136 valence electrons. The van der Waals surface area contributed by atoms with Crippen molar-refractivity contribution in [3.05, 3.63) is 24.2 Å². The molecule has 0 aromatic carbocycles. The minimum absolute atomic E-state index is 0.0201. The summed E-state index contributed by atoms with van der Waals surface area (Å²) >= 11 is 0. The second kappa shape index (κ2) is 9.05. The van der Waals surface area contributed by atoms with Gasteiger partial charge in [-0.3, -0.25) is 9.80 Å². The van der Waals surface area contributed by atoms with Crippen molar-refractivity contribution in [3.8, 4) is 0 Å². The third-order valence-corrected chi connectivity index (χ3v) is 4.16. The van der Waals surface area contributed by atoms with Gasteiger partial charge in [0.25, 0.3) is 0 Å². The zero-order valence-electron chi connectivity index (χ0n) is 15.1. The van der Waals surface area contributed by atoms with Crippen LogP contribution in [0.2, 0.25) is 0 Å². The summed E-state index contributed by atoms with van der Waals surface area (Å²) in [6.45, 7) is 7.94. The van der Waals surface area contributed by atoms with Crippen LogP contribution < -0.4 is 10.6 Å². The number of ether oxygens (including phenoxy) is 1. The van der Waals surface area contributed by atoms with Gasteiger partial charge in [0.1, 0.15) is 5.76 Å². The maximum Gasteiger partial charge on any atom is 0.314 e. The van der Waals surface area contributed by atoms with Crippen LogP contribution in [0, 0.1) is 0 Å². The highest BCUT2D eigenvalue weighted by molar-refractivity contribution is 5.73. The first-order valence-corrected chi connectivity index (χ1v) is 8.55. The Bertz CT molecular complexity index is 482. The van der Waals surface area contributed by atoms with Crippen molar-refractivity contribution in [2.45, 2.75) is 32.1 Å². The molecular formula is C17H30N4O3. The number of rotatable bonds is 7. The van der Waals surface area contributed by atoms with Gasteiger partial charge in [-0.25, -0.2) is 4.79 Å². The lowest BCUT2D eigenvalue weighted by Gasteiger charge is -2.35. The van der Waals surface area contributed by atoms with Gasteiger partial charge in [-0.1, -0.05) is 0 Å². The zero-order chi connectivity index (χ0) is 17.5. The number of nitrogens with zero attached hydrogens (tertiary/aromatic N) is 2. The standard InChI is InChI=1S/C17H30N4O3/c1-13-11-21(12-14(2)24-13)8-7-18-17(22)19-10-15(20(3)4)16-6-5-9-23-16/h5-6,9,13-15H,7-8,10-12H2,1-4H3,(H2,18,19,22). The summed E-state index contributed by atoms with van der Waals surface area (Å²) in [6.07, 6.45) is 2.14. The van der Waals surface area contributed by atoms with Gasteiger partial charge < -0.3 is 19.8 Å². The number of furan rings is 1. The quantitative estimate of drug-likeness (QED) is 0.784. The van der Waals surface area contributed by atoms with E-state index < -0.39 is 0 Å². The maximum atomic E-state index is 12.0. The lowest BCUT2D eigenvalue weighted by Crippen LogP contribution is -2.49. The van der Waals surface area contributed by atoms with Gasteiger partial charge in [-0.2, -0.15) is 0 Å². The summed E-state index contributed by atoms with van der Waals surface area (Å²) in [5.74, 6) is 0.844. The van der Waals surface area contributed by atoms with E-state index in [2.05, 4.69) is 29.4 Å². The molecule has 24 heavy (non-hydrogen) atoms. The van der Waals surface area contributed by atoms with Crippen molar-refractivity contribution >= 4 is 6.03 Å². The van der Waals surface area contributed by atoms with Gasteiger partial charge in [0.05, 0.1) is 24.5 Å². The van der Waals surface area contributed by atoms with Crippen molar-refractivity contribution < 1.29 is 13.9 Å². The van der Waals surface area contributed by atoms with Gasteiger partial charge in [0, 0.05) is 32.7 Å². The maximum absolute atomic E-state index is 12.0. The second-order valence-corrected chi connectivity index (χ2v) is 6.65. The summed E-state index contributed by atoms with van der Waals surface area (Å²) in [7, 11) is 3.93. The molecule has 0 aliphatic carbocycles.